The van der Waals surface area contributed by atoms with Crippen LogP contribution in [0.15, 0.2) is 9.98 Å². The zero-order chi connectivity index (χ0) is 28.8. The van der Waals surface area contributed by atoms with Crippen LogP contribution < -0.4 is 39.3 Å². The maximum absolute atomic E-state index is 13.1. The molecule has 1 fully saturated rings. The number of nitrogens with two attached hydrogens (primary N) is 5. The average Bonchev–Trinajstić information content (AvgIpc) is 3.32. The van der Waals surface area contributed by atoms with E-state index in [0.29, 0.717) is 32.4 Å². The largest absolute Gasteiger partial charge is 0.481 e. The predicted octanol–water partition coefficient (Wildman–Crippen LogP) is -4.06. The first kappa shape index (κ1) is 31.9. The molecule has 0 aromatic heterocycles. The van der Waals surface area contributed by atoms with Gasteiger partial charge in [0.25, 0.3) is 0 Å². The normalized spacial score (nSPS) is 17.0. The molecule has 0 bridgehead atoms. The molecule has 1 saturated heterocycles. The van der Waals surface area contributed by atoms with E-state index in [1.807, 2.05) is 0 Å². The van der Waals surface area contributed by atoms with Gasteiger partial charge in [-0.25, -0.2) is 4.79 Å². The Morgan fingerprint density at radius 2 is 1.47 bits per heavy atom. The molecule has 0 radical (unpaired) electrons. The molecular formula is C21H38N10O7. The third-order valence-corrected chi connectivity index (χ3v) is 5.69. The van der Waals surface area contributed by atoms with E-state index in [0.717, 1.165) is 0 Å². The van der Waals surface area contributed by atoms with E-state index in [1.165, 1.54) is 4.90 Å². The lowest BCUT2D eigenvalue weighted by atomic mass is 10.1. The third-order valence-electron chi connectivity index (χ3n) is 5.69. The number of carbonyl (C=O) groups excluding carboxylic acids is 3. The summed E-state index contributed by atoms with van der Waals surface area (Å²) in [4.78, 5) is 70.2. The van der Waals surface area contributed by atoms with Crippen molar-refractivity contribution in [3.63, 3.8) is 0 Å². The number of amides is 3. The molecule has 1 aliphatic heterocycles. The Bertz CT molecular complexity index is 918. The topological polar surface area (TPSA) is 308 Å². The van der Waals surface area contributed by atoms with Crippen molar-refractivity contribution in [3.05, 3.63) is 0 Å². The van der Waals surface area contributed by atoms with Crippen LogP contribution in [0.3, 0.4) is 0 Å². The number of carboxylic acids is 2. The molecule has 0 aromatic rings. The van der Waals surface area contributed by atoms with Gasteiger partial charge in [0.1, 0.15) is 18.1 Å². The molecule has 4 atom stereocenters. The van der Waals surface area contributed by atoms with Crippen molar-refractivity contribution < 1.29 is 34.2 Å². The summed E-state index contributed by atoms with van der Waals surface area (Å²) in [6, 6.07) is -4.73. The van der Waals surface area contributed by atoms with Gasteiger partial charge in [-0.2, -0.15) is 0 Å². The second-order valence-corrected chi connectivity index (χ2v) is 8.75. The van der Waals surface area contributed by atoms with Gasteiger partial charge >= 0.3 is 11.9 Å². The molecule has 17 nitrogen and oxygen atoms in total. The first-order chi connectivity index (χ1) is 17.8. The standard InChI is InChI=1S/C21H38N10O7/c22-11(4-1-7-27-20(23)24)18(36)31-9-3-6-14(31)17(35)29-12(5-2-8-28-21(25)26)16(34)30-13(19(37)38)10-15(32)33/h11-14H,1-10,22H2,(H,29,35)(H,30,34)(H,32,33)(H,37,38)(H4,23,24,27)(H4,25,26,28). The van der Waals surface area contributed by atoms with Crippen molar-refractivity contribution in [3.8, 4) is 0 Å². The summed E-state index contributed by atoms with van der Waals surface area (Å²) in [7, 11) is 0. The van der Waals surface area contributed by atoms with Gasteiger partial charge in [0, 0.05) is 19.6 Å². The molecule has 1 rings (SSSR count). The fourth-order valence-electron chi connectivity index (χ4n) is 3.85. The molecule has 17 heteroatoms. The number of aliphatic imine (C=N–C) groups is 2. The molecule has 38 heavy (non-hydrogen) atoms. The number of hydrogen-bond donors (Lipinski definition) is 9. The summed E-state index contributed by atoms with van der Waals surface area (Å²) < 4.78 is 0. The molecule has 3 amide bonds. The molecular weight excluding hydrogens is 504 g/mol. The number of likely N-dealkylation sites (tertiary alicyclic amines) is 1. The van der Waals surface area contributed by atoms with E-state index in [9.17, 15) is 29.1 Å². The summed E-state index contributed by atoms with van der Waals surface area (Å²) in [5.74, 6) is -5.19. The van der Waals surface area contributed by atoms with Crippen molar-refractivity contribution in [2.75, 3.05) is 19.6 Å². The third kappa shape index (κ3) is 11.3. The van der Waals surface area contributed by atoms with Crippen LogP contribution in [-0.2, 0) is 24.0 Å². The van der Waals surface area contributed by atoms with E-state index in [2.05, 4.69) is 20.6 Å². The highest BCUT2D eigenvalue weighted by atomic mass is 16.4. The number of nitrogens with zero attached hydrogens (tertiary/aromatic N) is 3. The Hall–Kier alpha value is -4.15. The van der Waals surface area contributed by atoms with Crippen molar-refractivity contribution in [2.45, 2.75) is 69.1 Å². The lowest BCUT2D eigenvalue weighted by Gasteiger charge is -2.28. The minimum Gasteiger partial charge on any atom is -0.481 e. The fourth-order valence-corrected chi connectivity index (χ4v) is 3.85. The second-order valence-electron chi connectivity index (χ2n) is 8.75. The van der Waals surface area contributed by atoms with Gasteiger partial charge in [-0.1, -0.05) is 0 Å². The van der Waals surface area contributed by atoms with Crippen molar-refractivity contribution >= 4 is 41.6 Å². The number of hydrogen-bond acceptors (Lipinski definition) is 8. The highest BCUT2D eigenvalue weighted by molar-refractivity contribution is 5.95. The number of rotatable bonds is 16. The van der Waals surface area contributed by atoms with Crippen LogP contribution in [0.25, 0.3) is 0 Å². The predicted molar refractivity (Wildman–Crippen MR) is 136 cm³/mol. The van der Waals surface area contributed by atoms with Crippen LogP contribution in [0.4, 0.5) is 0 Å². The summed E-state index contributed by atoms with van der Waals surface area (Å²) in [6.45, 7) is 0.713. The highest BCUT2D eigenvalue weighted by Crippen LogP contribution is 2.19. The van der Waals surface area contributed by atoms with Crippen LogP contribution in [0.1, 0.15) is 44.9 Å². The van der Waals surface area contributed by atoms with Crippen LogP contribution in [-0.4, -0.2) is 100 Å². The van der Waals surface area contributed by atoms with E-state index in [1.54, 1.807) is 0 Å². The molecule has 0 spiro atoms. The maximum Gasteiger partial charge on any atom is 0.326 e. The summed E-state index contributed by atoms with van der Waals surface area (Å²) in [5.41, 5.74) is 27.1. The maximum atomic E-state index is 13.1. The van der Waals surface area contributed by atoms with Gasteiger partial charge in [0.05, 0.1) is 12.5 Å². The lowest BCUT2D eigenvalue weighted by Crippen LogP contribution is -2.56. The van der Waals surface area contributed by atoms with Crippen molar-refractivity contribution in [1.82, 2.24) is 15.5 Å². The average molecular weight is 543 g/mol. The van der Waals surface area contributed by atoms with Gasteiger partial charge in [0.15, 0.2) is 11.9 Å². The highest BCUT2D eigenvalue weighted by Gasteiger charge is 2.37. The quantitative estimate of drug-likeness (QED) is 0.0511. The minimum atomic E-state index is -1.71. The Kier molecular flexibility index (Phi) is 13.3. The fraction of sp³-hybridized carbons (Fsp3) is 0.667. The van der Waals surface area contributed by atoms with Gasteiger partial charge in [-0.05, 0) is 38.5 Å². The Labute approximate surface area is 219 Å². The Morgan fingerprint density at radius 3 is 2.00 bits per heavy atom. The Balaban J connectivity index is 2.92. The molecule has 0 aliphatic carbocycles. The van der Waals surface area contributed by atoms with Crippen LogP contribution in [0, 0.1) is 0 Å². The summed E-state index contributed by atoms with van der Waals surface area (Å²) in [6.07, 6.45) is 0.995. The number of guanidine groups is 2. The number of carbonyl (C=O) groups is 5. The van der Waals surface area contributed by atoms with Gasteiger partial charge in [-0.15, -0.1) is 0 Å². The zero-order valence-corrected chi connectivity index (χ0v) is 21.0. The molecule has 1 heterocycles. The van der Waals surface area contributed by atoms with E-state index >= 15 is 0 Å². The zero-order valence-electron chi connectivity index (χ0n) is 21.0. The first-order valence-corrected chi connectivity index (χ1v) is 12.1. The lowest BCUT2D eigenvalue weighted by molar-refractivity contribution is -0.147. The molecule has 0 saturated carbocycles. The van der Waals surface area contributed by atoms with Crippen molar-refractivity contribution in [1.29, 1.82) is 0 Å². The van der Waals surface area contributed by atoms with Crippen LogP contribution in [0.2, 0.25) is 0 Å². The monoisotopic (exact) mass is 542 g/mol. The van der Waals surface area contributed by atoms with Gasteiger partial charge in [0.2, 0.25) is 17.7 Å². The van der Waals surface area contributed by atoms with Crippen LogP contribution in [0.5, 0.6) is 0 Å². The van der Waals surface area contributed by atoms with E-state index in [-0.39, 0.29) is 37.7 Å². The van der Waals surface area contributed by atoms with Crippen molar-refractivity contribution in [2.24, 2.45) is 38.7 Å². The summed E-state index contributed by atoms with van der Waals surface area (Å²) in [5, 5.41) is 22.9. The number of carboxylic acid groups (broad SMARTS) is 2. The second kappa shape index (κ2) is 15.9. The summed E-state index contributed by atoms with van der Waals surface area (Å²) >= 11 is 0. The van der Waals surface area contributed by atoms with Gasteiger partial charge in [-0.3, -0.25) is 29.2 Å². The molecule has 1 aliphatic rings. The molecule has 4 unspecified atom stereocenters. The van der Waals surface area contributed by atoms with Crippen LogP contribution >= 0.6 is 0 Å². The SMILES string of the molecule is NC(N)=NCCCC(N)C(=O)N1CCCC1C(=O)NC(CCCN=C(N)N)C(=O)NC(CC(=O)O)C(=O)O. The Morgan fingerprint density at radius 1 is 0.895 bits per heavy atom. The number of aliphatic carboxylic acids is 2. The van der Waals surface area contributed by atoms with E-state index < -0.39 is 60.2 Å². The molecule has 214 valence electrons. The van der Waals surface area contributed by atoms with E-state index in [4.69, 9.17) is 33.8 Å². The number of nitrogens with one attached hydrogen (secondary N) is 2. The first-order valence-electron chi connectivity index (χ1n) is 12.1. The van der Waals surface area contributed by atoms with Gasteiger partial charge < -0.3 is 54.4 Å². The smallest absolute Gasteiger partial charge is 0.326 e. The molecule has 14 N–H and O–H groups in total. The molecule has 0 aromatic carbocycles. The minimum absolute atomic E-state index is 0.0126.